The molecular formula is C6H10BrCl. The van der Waals surface area contributed by atoms with Crippen molar-refractivity contribution in [3.05, 3.63) is 12.2 Å². The average molecular weight is 198 g/mol. The van der Waals surface area contributed by atoms with Crippen molar-refractivity contribution >= 4 is 27.5 Å². The zero-order chi connectivity index (χ0) is 6.24. The third kappa shape index (κ3) is 6.51. The molecule has 0 aliphatic carbocycles. The van der Waals surface area contributed by atoms with Crippen molar-refractivity contribution in [3.8, 4) is 0 Å². The predicted molar refractivity (Wildman–Crippen MR) is 42.9 cm³/mol. The molecule has 0 bridgehead atoms. The predicted octanol–water partition coefficient (Wildman–Crippen LogP) is 2.96. The summed E-state index contributed by atoms with van der Waals surface area (Å²) in [5.74, 6) is 0.770. The van der Waals surface area contributed by atoms with E-state index in [1.165, 1.54) is 0 Å². The Morgan fingerprint density at radius 2 is 2.12 bits per heavy atom. The van der Waals surface area contributed by atoms with Gasteiger partial charge in [0.1, 0.15) is 0 Å². The van der Waals surface area contributed by atoms with Crippen molar-refractivity contribution in [2.75, 3.05) is 11.2 Å². The standard InChI is InChI=1S/C6H10BrCl/c7-5-3-1-2-4-6-8/h1,3H,2,4-6H2/b3-1-. The van der Waals surface area contributed by atoms with Crippen molar-refractivity contribution in [1.82, 2.24) is 0 Å². The van der Waals surface area contributed by atoms with Crippen LogP contribution < -0.4 is 0 Å². The van der Waals surface area contributed by atoms with Gasteiger partial charge in [-0.3, -0.25) is 0 Å². The van der Waals surface area contributed by atoms with E-state index in [2.05, 4.69) is 28.1 Å². The second kappa shape index (κ2) is 7.51. The van der Waals surface area contributed by atoms with Gasteiger partial charge in [0.15, 0.2) is 0 Å². The lowest BCUT2D eigenvalue weighted by Gasteiger charge is -1.83. The SMILES string of the molecule is ClCCC/C=C\CBr. The second-order valence-electron chi connectivity index (χ2n) is 1.46. The second-order valence-corrected chi connectivity index (χ2v) is 2.48. The number of rotatable bonds is 4. The highest BCUT2D eigenvalue weighted by Gasteiger charge is 1.76. The quantitative estimate of drug-likeness (QED) is 0.369. The molecule has 0 aromatic rings. The molecule has 0 nitrogen and oxygen atoms in total. The normalized spacial score (nSPS) is 10.8. The van der Waals surface area contributed by atoms with Gasteiger partial charge >= 0.3 is 0 Å². The molecule has 0 radical (unpaired) electrons. The first-order valence-corrected chi connectivity index (χ1v) is 4.34. The number of alkyl halides is 2. The topological polar surface area (TPSA) is 0 Å². The smallest absolute Gasteiger partial charge is 0.0226 e. The highest BCUT2D eigenvalue weighted by Crippen LogP contribution is 1.93. The van der Waals surface area contributed by atoms with Gasteiger partial charge in [0.25, 0.3) is 0 Å². The van der Waals surface area contributed by atoms with Crippen LogP contribution in [0.3, 0.4) is 0 Å². The summed E-state index contributed by atoms with van der Waals surface area (Å²) in [6.45, 7) is 0. The van der Waals surface area contributed by atoms with Gasteiger partial charge in [0, 0.05) is 11.2 Å². The lowest BCUT2D eigenvalue weighted by molar-refractivity contribution is 0.965. The minimum Gasteiger partial charge on any atom is -0.127 e. The highest BCUT2D eigenvalue weighted by molar-refractivity contribution is 9.09. The van der Waals surface area contributed by atoms with Crippen LogP contribution in [0.15, 0.2) is 12.2 Å². The van der Waals surface area contributed by atoms with Crippen LogP contribution in [-0.2, 0) is 0 Å². The van der Waals surface area contributed by atoms with Crippen LogP contribution in [0.2, 0.25) is 0 Å². The fourth-order valence-electron chi connectivity index (χ4n) is 0.376. The molecule has 8 heavy (non-hydrogen) atoms. The molecule has 0 saturated heterocycles. The molecule has 0 fully saturated rings. The summed E-state index contributed by atoms with van der Waals surface area (Å²) < 4.78 is 0. The van der Waals surface area contributed by atoms with E-state index >= 15 is 0 Å². The first-order valence-electron chi connectivity index (χ1n) is 2.68. The maximum atomic E-state index is 5.43. The van der Waals surface area contributed by atoms with Crippen LogP contribution in [0.1, 0.15) is 12.8 Å². The van der Waals surface area contributed by atoms with Gasteiger partial charge < -0.3 is 0 Å². The van der Waals surface area contributed by atoms with Gasteiger partial charge in [-0.2, -0.15) is 0 Å². The molecule has 0 atom stereocenters. The Bertz CT molecular complexity index is 61.5. The van der Waals surface area contributed by atoms with Gasteiger partial charge in [0.05, 0.1) is 0 Å². The molecular weight excluding hydrogens is 187 g/mol. The molecule has 0 amide bonds. The van der Waals surface area contributed by atoms with Gasteiger partial charge in [-0.05, 0) is 12.8 Å². The molecule has 0 heterocycles. The third-order valence-electron chi connectivity index (χ3n) is 0.760. The van der Waals surface area contributed by atoms with Crippen LogP contribution >= 0.6 is 27.5 Å². The average Bonchev–Trinajstić information content (AvgIpc) is 1.81. The zero-order valence-corrected chi connectivity index (χ0v) is 7.08. The van der Waals surface area contributed by atoms with E-state index in [4.69, 9.17) is 11.6 Å². The van der Waals surface area contributed by atoms with E-state index in [0.29, 0.717) is 0 Å². The molecule has 0 aromatic heterocycles. The molecule has 0 aromatic carbocycles. The van der Waals surface area contributed by atoms with E-state index in [1.807, 2.05) is 0 Å². The Hall–Kier alpha value is 0.510. The summed E-state index contributed by atoms with van der Waals surface area (Å²) in [4.78, 5) is 0. The van der Waals surface area contributed by atoms with Crippen molar-refractivity contribution < 1.29 is 0 Å². The minimum absolute atomic E-state index is 0.770. The van der Waals surface area contributed by atoms with Crippen molar-refractivity contribution in [1.29, 1.82) is 0 Å². The van der Waals surface area contributed by atoms with Crippen LogP contribution in [0.25, 0.3) is 0 Å². The van der Waals surface area contributed by atoms with E-state index in [1.54, 1.807) is 0 Å². The number of hydrogen-bond acceptors (Lipinski definition) is 0. The first kappa shape index (κ1) is 8.51. The van der Waals surface area contributed by atoms with E-state index < -0.39 is 0 Å². The summed E-state index contributed by atoms with van der Waals surface area (Å²) in [5, 5.41) is 0.954. The van der Waals surface area contributed by atoms with Crippen LogP contribution in [0.5, 0.6) is 0 Å². The molecule has 0 aliphatic heterocycles. The summed E-state index contributed by atoms with van der Waals surface area (Å²) in [6, 6.07) is 0. The molecule has 0 aliphatic rings. The van der Waals surface area contributed by atoms with Crippen LogP contribution in [-0.4, -0.2) is 11.2 Å². The molecule has 0 rings (SSSR count). The van der Waals surface area contributed by atoms with Gasteiger partial charge in [-0.15, -0.1) is 11.6 Å². The molecule has 48 valence electrons. The van der Waals surface area contributed by atoms with E-state index in [9.17, 15) is 0 Å². The number of allylic oxidation sites excluding steroid dienone is 2. The van der Waals surface area contributed by atoms with Gasteiger partial charge in [0.2, 0.25) is 0 Å². The third-order valence-corrected chi connectivity index (χ3v) is 1.40. The molecule has 0 saturated carbocycles. The summed E-state index contributed by atoms with van der Waals surface area (Å²) in [6.07, 6.45) is 6.42. The number of unbranched alkanes of at least 4 members (excludes halogenated alkanes) is 1. The van der Waals surface area contributed by atoms with Crippen molar-refractivity contribution in [2.45, 2.75) is 12.8 Å². The van der Waals surface area contributed by atoms with E-state index in [-0.39, 0.29) is 0 Å². The fraction of sp³-hybridized carbons (Fsp3) is 0.667. The summed E-state index contributed by atoms with van der Waals surface area (Å²) in [5.41, 5.74) is 0. The van der Waals surface area contributed by atoms with Crippen molar-refractivity contribution in [2.24, 2.45) is 0 Å². The number of halogens is 2. The van der Waals surface area contributed by atoms with Crippen LogP contribution in [0, 0.1) is 0 Å². The minimum atomic E-state index is 0.770. The monoisotopic (exact) mass is 196 g/mol. The van der Waals surface area contributed by atoms with Gasteiger partial charge in [-0.1, -0.05) is 28.1 Å². The lowest BCUT2D eigenvalue weighted by atomic mass is 10.3. The Morgan fingerprint density at radius 3 is 2.62 bits per heavy atom. The maximum Gasteiger partial charge on any atom is 0.0226 e. The maximum absolute atomic E-state index is 5.43. The van der Waals surface area contributed by atoms with E-state index in [0.717, 1.165) is 24.1 Å². The van der Waals surface area contributed by atoms with Crippen molar-refractivity contribution in [3.63, 3.8) is 0 Å². The largest absolute Gasteiger partial charge is 0.127 e. The van der Waals surface area contributed by atoms with Crippen LogP contribution in [0.4, 0.5) is 0 Å². The Labute approximate surface area is 64.0 Å². The Balaban J connectivity index is 2.80. The first-order chi connectivity index (χ1) is 3.91. The summed E-state index contributed by atoms with van der Waals surface area (Å²) in [7, 11) is 0. The Kier molecular flexibility index (Phi) is 7.99. The molecule has 0 unspecified atom stereocenters. The van der Waals surface area contributed by atoms with Gasteiger partial charge in [-0.25, -0.2) is 0 Å². The summed E-state index contributed by atoms with van der Waals surface area (Å²) >= 11 is 8.72. The molecule has 2 heteroatoms. The number of hydrogen-bond donors (Lipinski definition) is 0. The molecule has 0 N–H and O–H groups in total. The highest BCUT2D eigenvalue weighted by atomic mass is 79.9. The lowest BCUT2D eigenvalue weighted by Crippen LogP contribution is -1.70. The fourth-order valence-corrected chi connectivity index (χ4v) is 0.794. The molecule has 0 spiro atoms. The Morgan fingerprint density at radius 1 is 1.38 bits per heavy atom. The zero-order valence-electron chi connectivity index (χ0n) is 4.74.